The zero-order valence-corrected chi connectivity index (χ0v) is 16.8. The highest BCUT2D eigenvalue weighted by molar-refractivity contribution is 5.99. The molecule has 2 rings (SSSR count). The van der Waals surface area contributed by atoms with Crippen LogP contribution in [0.1, 0.15) is 74.4 Å². The van der Waals surface area contributed by atoms with Crippen molar-refractivity contribution in [3.05, 3.63) is 71.8 Å². The zero-order chi connectivity index (χ0) is 19.7. The number of hydrogen-bond donors (Lipinski definition) is 1. The van der Waals surface area contributed by atoms with Crippen LogP contribution in [0, 0.1) is 0 Å². The average Bonchev–Trinajstić information content (AvgIpc) is 2.74. The molecule has 0 saturated carbocycles. The van der Waals surface area contributed by atoms with Gasteiger partial charge in [-0.2, -0.15) is 0 Å². The summed E-state index contributed by atoms with van der Waals surface area (Å²) in [6, 6.07) is 17.7. The fourth-order valence-corrected chi connectivity index (χ4v) is 2.56. The number of hydrogen-bond acceptors (Lipinski definition) is 3. The molecule has 1 unspecified atom stereocenters. The molecular weight excluding hydrogens is 336 g/mol. The van der Waals surface area contributed by atoms with Crippen LogP contribution in [0.5, 0.6) is 0 Å². The molecule has 0 spiro atoms. The second-order valence-electron chi connectivity index (χ2n) is 6.57. The molecule has 2 aromatic rings. The number of aliphatic hydroxyl groups is 1. The minimum absolute atomic E-state index is 0.271. The molecule has 0 amide bonds. The maximum atomic E-state index is 11.9. The number of rotatable bonds is 11. The van der Waals surface area contributed by atoms with E-state index < -0.39 is 6.10 Å². The monoisotopic (exact) mass is 370 g/mol. The molecule has 0 aromatic heterocycles. The lowest BCUT2D eigenvalue weighted by Crippen LogP contribution is -2.11. The van der Waals surface area contributed by atoms with Crippen LogP contribution in [-0.2, 0) is 4.74 Å². The van der Waals surface area contributed by atoms with Crippen molar-refractivity contribution in [3.63, 3.8) is 0 Å². The van der Waals surface area contributed by atoms with Crippen LogP contribution in [0.25, 0.3) is 0 Å². The first kappa shape index (κ1) is 23.1. The van der Waals surface area contributed by atoms with Crippen LogP contribution >= 0.6 is 0 Å². The SMILES string of the molecule is CCCCCOCCCCC.O=C(c1ccccc1)C(O)c1ccccc1. The van der Waals surface area contributed by atoms with Crippen LogP contribution in [0.4, 0.5) is 0 Å². The summed E-state index contributed by atoms with van der Waals surface area (Å²) >= 11 is 0. The number of carbonyl (C=O) groups is 1. The second kappa shape index (κ2) is 15.1. The number of Topliss-reactive ketones (excluding diaryl/α,β-unsaturated/α-hetero) is 1. The third-order valence-corrected chi connectivity index (χ3v) is 4.21. The largest absolute Gasteiger partial charge is 0.381 e. The molecule has 0 aliphatic carbocycles. The van der Waals surface area contributed by atoms with E-state index in [0.717, 1.165) is 13.2 Å². The van der Waals surface area contributed by atoms with E-state index in [0.29, 0.717) is 11.1 Å². The maximum absolute atomic E-state index is 11.9. The van der Waals surface area contributed by atoms with Crippen molar-refractivity contribution in [1.82, 2.24) is 0 Å². The molecule has 0 fully saturated rings. The lowest BCUT2D eigenvalue weighted by Gasteiger charge is -2.09. The van der Waals surface area contributed by atoms with Gasteiger partial charge in [0.2, 0.25) is 0 Å². The zero-order valence-electron chi connectivity index (χ0n) is 16.8. The predicted molar refractivity (Wildman–Crippen MR) is 112 cm³/mol. The van der Waals surface area contributed by atoms with Gasteiger partial charge in [-0.05, 0) is 18.4 Å². The highest BCUT2D eigenvalue weighted by Gasteiger charge is 2.18. The smallest absolute Gasteiger partial charge is 0.195 e. The molecule has 148 valence electrons. The molecule has 27 heavy (non-hydrogen) atoms. The quantitative estimate of drug-likeness (QED) is 0.390. The molecule has 0 aliphatic heterocycles. The van der Waals surface area contributed by atoms with Gasteiger partial charge < -0.3 is 9.84 Å². The molecule has 2 aromatic carbocycles. The van der Waals surface area contributed by atoms with Crippen LogP contribution in [0.2, 0.25) is 0 Å². The van der Waals surface area contributed by atoms with E-state index in [4.69, 9.17) is 4.74 Å². The minimum atomic E-state index is -1.08. The standard InChI is InChI=1S/C14H12O2.C10H22O/c15-13(11-7-3-1-4-8-11)14(16)12-9-5-2-6-10-12;1-3-5-7-9-11-10-8-6-4-2/h1-10,13,15H;3-10H2,1-2H3. The topological polar surface area (TPSA) is 46.5 Å². The molecule has 1 atom stereocenters. The highest BCUT2D eigenvalue weighted by atomic mass is 16.5. The molecule has 1 N–H and O–H groups in total. The van der Waals surface area contributed by atoms with Gasteiger partial charge in [-0.1, -0.05) is 100 Å². The fraction of sp³-hybridized carbons (Fsp3) is 0.458. The van der Waals surface area contributed by atoms with Crippen molar-refractivity contribution >= 4 is 5.78 Å². The van der Waals surface area contributed by atoms with Crippen molar-refractivity contribution in [2.24, 2.45) is 0 Å². The molecule has 3 heteroatoms. The van der Waals surface area contributed by atoms with E-state index in [2.05, 4.69) is 13.8 Å². The Morgan fingerprint density at radius 2 is 1.30 bits per heavy atom. The Balaban J connectivity index is 0.000000293. The molecule has 3 nitrogen and oxygen atoms in total. The van der Waals surface area contributed by atoms with E-state index in [1.54, 1.807) is 48.5 Å². The summed E-state index contributed by atoms with van der Waals surface area (Å²) in [5.74, 6) is -0.271. The molecule has 0 aliphatic rings. The van der Waals surface area contributed by atoms with Gasteiger partial charge in [-0.15, -0.1) is 0 Å². The van der Waals surface area contributed by atoms with Crippen molar-refractivity contribution in [2.45, 2.75) is 58.5 Å². The van der Waals surface area contributed by atoms with E-state index in [1.807, 2.05) is 12.1 Å². The Morgan fingerprint density at radius 1 is 0.815 bits per heavy atom. The summed E-state index contributed by atoms with van der Waals surface area (Å²) in [4.78, 5) is 11.9. The lowest BCUT2D eigenvalue weighted by atomic mass is 10.0. The maximum Gasteiger partial charge on any atom is 0.195 e. The molecular formula is C24H34O3. The van der Waals surface area contributed by atoms with E-state index in [1.165, 1.54) is 38.5 Å². The van der Waals surface area contributed by atoms with Gasteiger partial charge in [0, 0.05) is 18.8 Å². The summed E-state index contributed by atoms with van der Waals surface area (Å²) in [5.41, 5.74) is 1.15. The van der Waals surface area contributed by atoms with E-state index >= 15 is 0 Å². The van der Waals surface area contributed by atoms with Gasteiger partial charge in [0.15, 0.2) is 5.78 Å². The van der Waals surface area contributed by atoms with Crippen molar-refractivity contribution in [2.75, 3.05) is 13.2 Å². The fourth-order valence-electron chi connectivity index (χ4n) is 2.56. The van der Waals surface area contributed by atoms with Crippen LogP contribution < -0.4 is 0 Å². The Labute approximate surface area is 164 Å². The average molecular weight is 371 g/mol. The van der Waals surface area contributed by atoms with Gasteiger partial charge in [0.25, 0.3) is 0 Å². The summed E-state index contributed by atoms with van der Waals surface area (Å²) in [6.45, 7) is 6.38. The van der Waals surface area contributed by atoms with Crippen LogP contribution in [0.15, 0.2) is 60.7 Å². The first-order valence-electron chi connectivity index (χ1n) is 10.1. The highest BCUT2D eigenvalue weighted by Crippen LogP contribution is 2.17. The first-order chi connectivity index (χ1) is 13.2. The molecule has 0 bridgehead atoms. The Morgan fingerprint density at radius 3 is 1.78 bits per heavy atom. The minimum Gasteiger partial charge on any atom is -0.381 e. The summed E-state index contributed by atoms with van der Waals surface area (Å²) < 4.78 is 5.44. The molecule has 0 heterocycles. The number of benzene rings is 2. The number of carbonyl (C=O) groups excluding carboxylic acids is 1. The Bertz CT molecular complexity index is 588. The van der Waals surface area contributed by atoms with Gasteiger partial charge in [0.05, 0.1) is 0 Å². The number of aliphatic hydroxyl groups excluding tert-OH is 1. The number of unbranched alkanes of at least 4 members (excludes halogenated alkanes) is 4. The van der Waals surface area contributed by atoms with Crippen molar-refractivity contribution < 1.29 is 14.6 Å². The molecule has 0 radical (unpaired) electrons. The normalized spacial score (nSPS) is 11.4. The van der Waals surface area contributed by atoms with Crippen molar-refractivity contribution in [3.8, 4) is 0 Å². The Hall–Kier alpha value is -1.97. The third-order valence-electron chi connectivity index (χ3n) is 4.21. The first-order valence-corrected chi connectivity index (χ1v) is 10.1. The second-order valence-corrected chi connectivity index (χ2v) is 6.57. The summed E-state index contributed by atoms with van der Waals surface area (Å²) in [6.07, 6.45) is 6.60. The summed E-state index contributed by atoms with van der Waals surface area (Å²) in [7, 11) is 0. The Kier molecular flexibility index (Phi) is 12.9. The predicted octanol–water partition coefficient (Wildman–Crippen LogP) is 5.99. The van der Waals surface area contributed by atoms with Crippen LogP contribution in [-0.4, -0.2) is 24.1 Å². The summed E-state index contributed by atoms with van der Waals surface area (Å²) in [5, 5.41) is 9.89. The number of ether oxygens (including phenoxy) is 1. The van der Waals surface area contributed by atoms with Crippen LogP contribution in [0.3, 0.4) is 0 Å². The lowest BCUT2D eigenvalue weighted by molar-refractivity contribution is 0.0747. The third kappa shape index (κ3) is 10.1. The van der Waals surface area contributed by atoms with E-state index in [9.17, 15) is 9.90 Å². The van der Waals surface area contributed by atoms with Gasteiger partial charge >= 0.3 is 0 Å². The van der Waals surface area contributed by atoms with Gasteiger partial charge in [-0.25, -0.2) is 0 Å². The van der Waals surface area contributed by atoms with Gasteiger partial charge in [0.1, 0.15) is 6.10 Å². The van der Waals surface area contributed by atoms with E-state index in [-0.39, 0.29) is 5.78 Å². The van der Waals surface area contributed by atoms with Crippen molar-refractivity contribution in [1.29, 1.82) is 0 Å². The number of ketones is 1. The molecule has 0 saturated heterocycles. The van der Waals surface area contributed by atoms with Gasteiger partial charge in [-0.3, -0.25) is 4.79 Å².